The molecule has 0 bridgehead atoms. The minimum absolute atomic E-state index is 0.0479. The highest BCUT2D eigenvalue weighted by molar-refractivity contribution is 6.74. The normalized spacial score (nSPS) is 13.7. The molecule has 0 radical (unpaired) electrons. The van der Waals surface area contributed by atoms with E-state index in [1.165, 1.54) is 0 Å². The Hall–Kier alpha value is -1.13. The molecule has 0 unspecified atom stereocenters. The van der Waals surface area contributed by atoms with Crippen LogP contribution in [0.3, 0.4) is 0 Å². The third kappa shape index (κ3) is 5.25. The number of aldehydes is 1. The zero-order chi connectivity index (χ0) is 16.8. The maximum atomic E-state index is 10.6. The fourth-order valence-electron chi connectivity index (χ4n) is 2.03. The Kier molecular flexibility index (Phi) is 6.82. The van der Waals surface area contributed by atoms with Crippen LogP contribution in [0.2, 0.25) is 18.1 Å². The molecular weight excluding hydrogens is 292 g/mol. The maximum absolute atomic E-state index is 10.6. The molecule has 1 rings (SSSR count). The van der Waals surface area contributed by atoms with Gasteiger partial charge in [0.1, 0.15) is 12.0 Å². The molecule has 0 saturated carbocycles. The van der Waals surface area contributed by atoms with Gasteiger partial charge in [-0.1, -0.05) is 32.9 Å². The van der Waals surface area contributed by atoms with Gasteiger partial charge in [0, 0.05) is 6.42 Å². The predicted molar refractivity (Wildman–Crippen MR) is 93.9 cm³/mol. The lowest BCUT2D eigenvalue weighted by molar-refractivity contribution is -0.108. The summed E-state index contributed by atoms with van der Waals surface area (Å²) in [7, 11) is -0.183. The number of hydrogen-bond donors (Lipinski definition) is 0. The predicted octanol–water partition coefficient (Wildman–Crippen LogP) is 5.13. The highest BCUT2D eigenvalue weighted by atomic mass is 28.4. The van der Waals surface area contributed by atoms with Crippen molar-refractivity contribution in [2.24, 2.45) is 0 Å². The van der Waals surface area contributed by atoms with Crippen LogP contribution in [0.4, 0.5) is 0 Å². The van der Waals surface area contributed by atoms with Gasteiger partial charge in [0.2, 0.25) is 0 Å². The highest BCUT2D eigenvalue weighted by Gasteiger charge is 2.39. The molecule has 0 N–H and O–H groups in total. The van der Waals surface area contributed by atoms with Crippen LogP contribution in [-0.2, 0) is 9.22 Å². The van der Waals surface area contributed by atoms with Crippen LogP contribution in [0, 0.1) is 0 Å². The lowest BCUT2D eigenvalue weighted by Gasteiger charge is -2.39. The standard InChI is InChI=1S/C18H30O3Si/c1-18(2,3)22(5,6)21-17(9-7-8-14-19)15-10-12-16(20-4)13-11-15/h10-14,17H,7-9H2,1-6H3/t17-/m1/s1. The molecule has 0 aromatic heterocycles. The van der Waals surface area contributed by atoms with Gasteiger partial charge < -0.3 is 14.0 Å². The summed E-state index contributed by atoms with van der Waals surface area (Å²) < 4.78 is 11.8. The average Bonchev–Trinajstić information content (AvgIpc) is 2.45. The number of hydrogen-bond acceptors (Lipinski definition) is 3. The number of benzene rings is 1. The zero-order valence-corrected chi connectivity index (χ0v) is 15.8. The van der Waals surface area contributed by atoms with Gasteiger partial charge in [-0.05, 0) is 48.7 Å². The number of unbranched alkanes of at least 4 members (excludes halogenated alkanes) is 1. The fraction of sp³-hybridized carbons (Fsp3) is 0.611. The van der Waals surface area contributed by atoms with Crippen molar-refractivity contribution in [3.63, 3.8) is 0 Å². The largest absolute Gasteiger partial charge is 0.497 e. The van der Waals surface area contributed by atoms with E-state index >= 15 is 0 Å². The molecule has 0 heterocycles. The Morgan fingerprint density at radius 1 is 1.18 bits per heavy atom. The van der Waals surface area contributed by atoms with Crippen molar-refractivity contribution in [3.8, 4) is 5.75 Å². The number of carbonyl (C=O) groups excluding carboxylic acids is 1. The van der Waals surface area contributed by atoms with Crippen molar-refractivity contribution in [1.29, 1.82) is 0 Å². The minimum Gasteiger partial charge on any atom is -0.497 e. The third-order valence-corrected chi connectivity index (χ3v) is 9.01. The van der Waals surface area contributed by atoms with Gasteiger partial charge in [0.25, 0.3) is 0 Å². The molecule has 124 valence electrons. The Morgan fingerprint density at radius 2 is 1.77 bits per heavy atom. The van der Waals surface area contributed by atoms with Gasteiger partial charge in [-0.15, -0.1) is 0 Å². The second-order valence-electron chi connectivity index (χ2n) is 7.24. The summed E-state index contributed by atoms with van der Waals surface area (Å²) in [6.45, 7) is 11.3. The minimum atomic E-state index is -1.85. The van der Waals surface area contributed by atoms with Gasteiger partial charge in [-0.3, -0.25) is 0 Å². The van der Waals surface area contributed by atoms with Crippen molar-refractivity contribution in [1.82, 2.24) is 0 Å². The Balaban J connectivity index is 2.93. The third-order valence-electron chi connectivity index (χ3n) is 4.52. The molecule has 0 fully saturated rings. The van der Waals surface area contributed by atoms with Crippen LogP contribution in [0.1, 0.15) is 51.7 Å². The molecule has 4 heteroatoms. The smallest absolute Gasteiger partial charge is 0.192 e. The van der Waals surface area contributed by atoms with E-state index in [9.17, 15) is 4.79 Å². The second-order valence-corrected chi connectivity index (χ2v) is 12.0. The van der Waals surface area contributed by atoms with Crippen molar-refractivity contribution in [2.45, 2.75) is 64.3 Å². The molecule has 0 spiro atoms. The molecule has 1 atom stereocenters. The SMILES string of the molecule is COc1ccc([C@@H](CCCC=O)O[Si](C)(C)C(C)(C)C)cc1. The first kappa shape index (κ1) is 18.9. The van der Waals surface area contributed by atoms with Gasteiger partial charge in [0.05, 0.1) is 13.2 Å². The van der Waals surface area contributed by atoms with E-state index < -0.39 is 8.32 Å². The van der Waals surface area contributed by atoms with E-state index in [1.54, 1.807) is 7.11 Å². The van der Waals surface area contributed by atoms with E-state index in [-0.39, 0.29) is 11.1 Å². The van der Waals surface area contributed by atoms with Crippen LogP contribution in [0.15, 0.2) is 24.3 Å². The molecular formula is C18H30O3Si. The average molecular weight is 323 g/mol. The molecule has 1 aromatic rings. The molecule has 0 aliphatic rings. The topological polar surface area (TPSA) is 35.5 Å². The molecule has 0 saturated heterocycles. The van der Waals surface area contributed by atoms with Crippen molar-refractivity contribution in [2.75, 3.05) is 7.11 Å². The van der Waals surface area contributed by atoms with E-state index in [0.717, 1.165) is 30.4 Å². The molecule has 0 amide bonds. The lowest BCUT2D eigenvalue weighted by atomic mass is 10.0. The summed E-state index contributed by atoms with van der Waals surface area (Å²) in [4.78, 5) is 10.6. The fourth-order valence-corrected chi connectivity index (χ4v) is 3.35. The van der Waals surface area contributed by atoms with Crippen molar-refractivity contribution in [3.05, 3.63) is 29.8 Å². The number of methoxy groups -OCH3 is 1. The summed E-state index contributed by atoms with van der Waals surface area (Å²) in [5.41, 5.74) is 1.16. The summed E-state index contributed by atoms with van der Waals surface area (Å²) in [5, 5.41) is 0.169. The Labute approximate surface area is 136 Å². The van der Waals surface area contributed by atoms with Gasteiger partial charge in [-0.25, -0.2) is 0 Å². The van der Waals surface area contributed by atoms with Crippen molar-refractivity contribution < 1.29 is 14.0 Å². The molecule has 1 aromatic carbocycles. The zero-order valence-electron chi connectivity index (χ0n) is 14.8. The van der Waals surface area contributed by atoms with Crippen LogP contribution in [0.5, 0.6) is 5.75 Å². The monoisotopic (exact) mass is 322 g/mol. The number of carbonyl (C=O) groups is 1. The van der Waals surface area contributed by atoms with Crippen LogP contribution >= 0.6 is 0 Å². The van der Waals surface area contributed by atoms with Gasteiger partial charge in [0.15, 0.2) is 8.32 Å². The van der Waals surface area contributed by atoms with E-state index in [0.29, 0.717) is 6.42 Å². The molecule has 0 aliphatic heterocycles. The molecule has 22 heavy (non-hydrogen) atoms. The van der Waals surface area contributed by atoms with E-state index in [1.807, 2.05) is 12.1 Å². The first-order valence-electron chi connectivity index (χ1n) is 7.96. The van der Waals surface area contributed by atoms with Gasteiger partial charge in [-0.2, -0.15) is 0 Å². The first-order valence-corrected chi connectivity index (χ1v) is 10.9. The van der Waals surface area contributed by atoms with Gasteiger partial charge >= 0.3 is 0 Å². The Bertz CT molecular complexity index is 460. The first-order chi connectivity index (χ1) is 10.2. The summed E-state index contributed by atoms with van der Waals surface area (Å²) in [6.07, 6.45) is 3.35. The molecule has 3 nitrogen and oxygen atoms in total. The Morgan fingerprint density at radius 3 is 2.23 bits per heavy atom. The van der Waals surface area contributed by atoms with E-state index in [2.05, 4.69) is 46.0 Å². The maximum Gasteiger partial charge on any atom is 0.192 e. The summed E-state index contributed by atoms with van der Waals surface area (Å²) >= 11 is 0. The van der Waals surface area contributed by atoms with Crippen LogP contribution < -0.4 is 4.74 Å². The quantitative estimate of drug-likeness (QED) is 0.378. The lowest BCUT2D eigenvalue weighted by Crippen LogP contribution is -2.41. The molecule has 0 aliphatic carbocycles. The second kappa shape index (κ2) is 7.93. The number of rotatable bonds is 8. The van der Waals surface area contributed by atoms with Crippen LogP contribution in [0.25, 0.3) is 0 Å². The van der Waals surface area contributed by atoms with Crippen molar-refractivity contribution >= 4 is 14.6 Å². The van der Waals surface area contributed by atoms with E-state index in [4.69, 9.17) is 9.16 Å². The highest BCUT2D eigenvalue weighted by Crippen LogP contribution is 2.41. The van der Waals surface area contributed by atoms with Crippen LogP contribution in [-0.4, -0.2) is 21.7 Å². The summed E-state index contributed by atoms with van der Waals surface area (Å²) in [6, 6.07) is 8.07. The summed E-state index contributed by atoms with van der Waals surface area (Å²) in [5.74, 6) is 0.850. The number of ether oxygens (including phenoxy) is 1.